The van der Waals surface area contributed by atoms with Gasteiger partial charge >= 0.3 is 0 Å². The summed E-state index contributed by atoms with van der Waals surface area (Å²) in [6, 6.07) is 14.1. The van der Waals surface area contributed by atoms with E-state index in [2.05, 4.69) is 27.5 Å². The molecule has 4 aromatic rings. The molecular weight excluding hydrogens is 466 g/mol. The molecule has 0 radical (unpaired) electrons. The smallest absolute Gasteiger partial charge is 0.272 e. The molecule has 5 rings (SSSR count). The van der Waals surface area contributed by atoms with E-state index in [0.717, 1.165) is 29.7 Å². The second-order valence-electron chi connectivity index (χ2n) is 9.19. The van der Waals surface area contributed by atoms with E-state index in [-0.39, 0.29) is 11.8 Å². The monoisotopic (exact) mass is 497 g/mol. The third-order valence-corrected chi connectivity index (χ3v) is 6.69. The number of amides is 2. The fourth-order valence-electron chi connectivity index (χ4n) is 4.69. The van der Waals surface area contributed by atoms with Crippen LogP contribution in [0, 0.1) is 0 Å². The van der Waals surface area contributed by atoms with Crippen LogP contribution < -0.4 is 5.32 Å². The molecule has 190 valence electrons. The van der Waals surface area contributed by atoms with E-state index in [1.165, 1.54) is 5.56 Å². The maximum Gasteiger partial charge on any atom is 0.272 e. The molecule has 1 aromatic carbocycles. The molecule has 0 spiro atoms. The lowest BCUT2D eigenvalue weighted by Gasteiger charge is -2.27. The first-order valence-corrected chi connectivity index (χ1v) is 12.7. The van der Waals surface area contributed by atoms with Crippen molar-refractivity contribution in [3.63, 3.8) is 0 Å². The van der Waals surface area contributed by atoms with Crippen molar-refractivity contribution in [2.24, 2.45) is 0 Å². The number of pyridine rings is 1. The lowest BCUT2D eigenvalue weighted by molar-refractivity contribution is 0.0730. The third kappa shape index (κ3) is 5.61. The van der Waals surface area contributed by atoms with E-state index in [0.29, 0.717) is 50.4 Å². The zero-order valence-corrected chi connectivity index (χ0v) is 21.0. The number of aromatic nitrogens is 5. The van der Waals surface area contributed by atoms with Gasteiger partial charge in [0.1, 0.15) is 0 Å². The molecule has 9 heteroatoms. The van der Waals surface area contributed by atoms with Crippen LogP contribution in [0.2, 0.25) is 0 Å². The molecule has 0 bridgehead atoms. The average molecular weight is 498 g/mol. The van der Waals surface area contributed by atoms with Gasteiger partial charge in [-0.05, 0) is 43.0 Å². The molecule has 0 aliphatic carbocycles. The molecule has 0 unspecified atom stereocenters. The van der Waals surface area contributed by atoms with Crippen molar-refractivity contribution in [2.75, 3.05) is 13.1 Å². The third-order valence-electron chi connectivity index (χ3n) is 6.69. The molecule has 37 heavy (non-hydrogen) atoms. The van der Waals surface area contributed by atoms with Gasteiger partial charge in [0.15, 0.2) is 5.69 Å². The SMILES string of the molecule is CCn1cc(C(=O)N2CCc3c(c(C(=O)NCCCc4ccccc4)nn3Cc3ccncc3)C2)cn1. The number of rotatable bonds is 9. The fourth-order valence-corrected chi connectivity index (χ4v) is 4.69. The molecule has 1 aliphatic rings. The van der Waals surface area contributed by atoms with Crippen LogP contribution in [0.5, 0.6) is 0 Å². The average Bonchev–Trinajstić information content (AvgIpc) is 3.57. The highest BCUT2D eigenvalue weighted by molar-refractivity contribution is 5.96. The van der Waals surface area contributed by atoms with Gasteiger partial charge in [-0.2, -0.15) is 10.2 Å². The number of aryl methyl sites for hydroxylation is 2. The minimum atomic E-state index is -0.203. The standard InChI is InChI=1S/C28H31N7O2/c1-2-34-19-23(17-31-34)28(37)33-16-12-25-24(20-33)26(32-35(25)18-22-10-14-29-15-11-22)27(36)30-13-6-9-21-7-4-3-5-8-21/h3-5,7-8,10-11,14-15,17,19H,2,6,9,12-13,16,18,20H2,1H3,(H,30,36). The lowest BCUT2D eigenvalue weighted by Crippen LogP contribution is -2.37. The zero-order valence-electron chi connectivity index (χ0n) is 21.0. The summed E-state index contributed by atoms with van der Waals surface area (Å²) < 4.78 is 3.64. The van der Waals surface area contributed by atoms with Gasteiger partial charge in [0.05, 0.1) is 24.8 Å². The zero-order chi connectivity index (χ0) is 25.6. The second-order valence-corrected chi connectivity index (χ2v) is 9.19. The molecule has 3 aromatic heterocycles. The van der Waals surface area contributed by atoms with Crippen LogP contribution in [-0.2, 0) is 32.5 Å². The number of nitrogens with one attached hydrogen (secondary N) is 1. The van der Waals surface area contributed by atoms with E-state index in [4.69, 9.17) is 5.10 Å². The molecular formula is C28H31N7O2. The van der Waals surface area contributed by atoms with Gasteiger partial charge in [-0.1, -0.05) is 30.3 Å². The van der Waals surface area contributed by atoms with Gasteiger partial charge in [0.2, 0.25) is 0 Å². The van der Waals surface area contributed by atoms with E-state index < -0.39 is 0 Å². The number of hydrogen-bond acceptors (Lipinski definition) is 5. The second kappa shape index (κ2) is 11.2. The Kier molecular flexibility index (Phi) is 7.39. The highest BCUT2D eigenvalue weighted by Crippen LogP contribution is 2.25. The number of hydrogen-bond donors (Lipinski definition) is 1. The van der Waals surface area contributed by atoms with Crippen LogP contribution in [0.3, 0.4) is 0 Å². The Morgan fingerprint density at radius 2 is 1.86 bits per heavy atom. The van der Waals surface area contributed by atoms with Crippen LogP contribution in [0.1, 0.15) is 56.6 Å². The van der Waals surface area contributed by atoms with E-state index in [9.17, 15) is 9.59 Å². The Morgan fingerprint density at radius 1 is 1.05 bits per heavy atom. The summed E-state index contributed by atoms with van der Waals surface area (Å²) in [6.07, 6.45) is 9.23. The molecule has 0 atom stereocenters. The molecule has 9 nitrogen and oxygen atoms in total. The van der Waals surface area contributed by atoms with Gasteiger partial charge in [0.25, 0.3) is 11.8 Å². The van der Waals surface area contributed by atoms with Gasteiger partial charge in [-0.25, -0.2) is 0 Å². The van der Waals surface area contributed by atoms with E-state index in [1.54, 1.807) is 34.4 Å². The highest BCUT2D eigenvalue weighted by Gasteiger charge is 2.31. The summed E-state index contributed by atoms with van der Waals surface area (Å²) in [6.45, 7) is 4.68. The maximum absolute atomic E-state index is 13.3. The van der Waals surface area contributed by atoms with Gasteiger partial charge < -0.3 is 10.2 Å². The van der Waals surface area contributed by atoms with Crippen molar-refractivity contribution in [2.45, 2.75) is 45.8 Å². The summed E-state index contributed by atoms with van der Waals surface area (Å²) in [5.74, 6) is -0.285. The van der Waals surface area contributed by atoms with Crippen molar-refractivity contribution >= 4 is 11.8 Å². The van der Waals surface area contributed by atoms with Crippen molar-refractivity contribution in [1.82, 2.24) is 34.8 Å². The van der Waals surface area contributed by atoms with Crippen molar-refractivity contribution in [3.05, 3.63) is 101 Å². The van der Waals surface area contributed by atoms with E-state index in [1.807, 2.05) is 41.9 Å². The van der Waals surface area contributed by atoms with Crippen LogP contribution in [0.15, 0.2) is 67.3 Å². The Balaban J connectivity index is 1.34. The fraction of sp³-hybridized carbons (Fsp3) is 0.321. The van der Waals surface area contributed by atoms with Crippen LogP contribution in [0.25, 0.3) is 0 Å². The summed E-state index contributed by atoms with van der Waals surface area (Å²) >= 11 is 0. The predicted octanol–water partition coefficient (Wildman–Crippen LogP) is 3.10. The minimum absolute atomic E-state index is 0.0820. The summed E-state index contributed by atoms with van der Waals surface area (Å²) in [5.41, 5.74) is 5.07. The first-order valence-electron chi connectivity index (χ1n) is 12.7. The summed E-state index contributed by atoms with van der Waals surface area (Å²) in [4.78, 5) is 32.3. The number of benzene rings is 1. The van der Waals surface area contributed by atoms with Crippen molar-refractivity contribution in [1.29, 1.82) is 0 Å². The Morgan fingerprint density at radius 3 is 2.62 bits per heavy atom. The topological polar surface area (TPSA) is 97.9 Å². The van der Waals surface area contributed by atoms with Gasteiger partial charge in [0, 0.05) is 55.9 Å². The molecule has 2 amide bonds. The molecule has 0 fully saturated rings. The van der Waals surface area contributed by atoms with E-state index >= 15 is 0 Å². The minimum Gasteiger partial charge on any atom is -0.351 e. The molecule has 4 heterocycles. The van der Waals surface area contributed by atoms with Gasteiger partial charge in [-0.3, -0.25) is 23.9 Å². The Bertz CT molecular complexity index is 1360. The first-order chi connectivity index (χ1) is 18.1. The Labute approximate surface area is 216 Å². The molecule has 0 saturated heterocycles. The number of fused-ring (bicyclic) bond motifs is 1. The largest absolute Gasteiger partial charge is 0.351 e. The quantitative estimate of drug-likeness (QED) is 0.359. The normalized spacial score (nSPS) is 12.8. The predicted molar refractivity (Wildman–Crippen MR) is 139 cm³/mol. The number of carbonyl (C=O) groups is 2. The molecule has 0 saturated carbocycles. The highest BCUT2D eigenvalue weighted by atomic mass is 16.2. The van der Waals surface area contributed by atoms with Crippen molar-refractivity contribution in [3.8, 4) is 0 Å². The van der Waals surface area contributed by atoms with Crippen molar-refractivity contribution < 1.29 is 9.59 Å². The molecule has 1 aliphatic heterocycles. The van der Waals surface area contributed by atoms with Crippen LogP contribution in [-0.4, -0.2) is 54.3 Å². The number of nitrogens with zero attached hydrogens (tertiary/aromatic N) is 6. The van der Waals surface area contributed by atoms with Crippen LogP contribution in [0.4, 0.5) is 0 Å². The Hall–Kier alpha value is -4.27. The number of carbonyl (C=O) groups excluding carboxylic acids is 2. The first kappa shape index (κ1) is 24.4. The lowest BCUT2D eigenvalue weighted by atomic mass is 10.0. The van der Waals surface area contributed by atoms with Gasteiger partial charge in [-0.15, -0.1) is 0 Å². The van der Waals surface area contributed by atoms with Crippen LogP contribution >= 0.6 is 0 Å². The maximum atomic E-state index is 13.3. The summed E-state index contributed by atoms with van der Waals surface area (Å²) in [5, 5.41) is 12.0. The molecule has 1 N–H and O–H groups in total. The summed E-state index contributed by atoms with van der Waals surface area (Å²) in [7, 11) is 0.